The van der Waals surface area contributed by atoms with Crippen molar-refractivity contribution in [3.8, 4) is 5.69 Å². The lowest BCUT2D eigenvalue weighted by molar-refractivity contribution is 1.17. The van der Waals surface area contributed by atoms with Crippen LogP contribution in [0.3, 0.4) is 0 Å². The molecule has 4 heteroatoms. The average molecular weight is 384 g/mol. The van der Waals surface area contributed by atoms with Gasteiger partial charge in [-0.3, -0.25) is 9.38 Å². The second-order valence-electron chi connectivity index (χ2n) is 7.57. The van der Waals surface area contributed by atoms with Crippen molar-refractivity contribution in [3.05, 3.63) is 97.5 Å². The molecule has 30 heavy (non-hydrogen) atoms. The number of para-hydroxylation sites is 2. The Morgan fingerprint density at radius 2 is 1.33 bits per heavy atom. The molecule has 7 aromatic rings. The smallest absolute Gasteiger partial charge is 0.163 e. The van der Waals surface area contributed by atoms with Gasteiger partial charge in [-0.05, 0) is 24.3 Å². The van der Waals surface area contributed by atoms with Crippen LogP contribution >= 0.6 is 0 Å². The molecule has 0 atom stereocenters. The van der Waals surface area contributed by atoms with Gasteiger partial charge in [-0.25, -0.2) is 4.98 Å². The number of pyridine rings is 2. The first kappa shape index (κ1) is 15.7. The van der Waals surface area contributed by atoms with E-state index in [1.165, 1.54) is 27.2 Å². The van der Waals surface area contributed by atoms with Crippen LogP contribution < -0.4 is 0 Å². The predicted molar refractivity (Wildman–Crippen MR) is 122 cm³/mol. The highest BCUT2D eigenvalue weighted by molar-refractivity contribution is 6.23. The lowest BCUT2D eigenvalue weighted by Crippen LogP contribution is -1.98. The van der Waals surface area contributed by atoms with E-state index in [-0.39, 0.29) is 0 Å². The summed E-state index contributed by atoms with van der Waals surface area (Å²) >= 11 is 0. The van der Waals surface area contributed by atoms with Crippen LogP contribution in [0.1, 0.15) is 0 Å². The van der Waals surface area contributed by atoms with E-state index in [4.69, 9.17) is 0 Å². The van der Waals surface area contributed by atoms with Gasteiger partial charge in [0.15, 0.2) is 5.65 Å². The van der Waals surface area contributed by atoms with Crippen LogP contribution in [0.5, 0.6) is 0 Å². The van der Waals surface area contributed by atoms with Crippen LogP contribution in [0.15, 0.2) is 97.5 Å². The average Bonchev–Trinajstić information content (AvgIpc) is 3.43. The van der Waals surface area contributed by atoms with Crippen LogP contribution in [-0.2, 0) is 0 Å². The summed E-state index contributed by atoms with van der Waals surface area (Å²) in [7, 11) is 0. The maximum atomic E-state index is 4.65. The second-order valence-corrected chi connectivity index (χ2v) is 7.57. The van der Waals surface area contributed by atoms with Crippen molar-refractivity contribution in [1.29, 1.82) is 0 Å². The van der Waals surface area contributed by atoms with E-state index in [9.17, 15) is 0 Å². The molecule has 0 saturated carbocycles. The van der Waals surface area contributed by atoms with Crippen molar-refractivity contribution < 1.29 is 0 Å². The highest BCUT2D eigenvalue weighted by atomic mass is 15.0. The topological polar surface area (TPSA) is 35.1 Å². The number of benzene rings is 3. The molecule has 4 heterocycles. The summed E-state index contributed by atoms with van der Waals surface area (Å²) in [5.74, 6) is 0. The molecule has 0 saturated heterocycles. The first-order valence-electron chi connectivity index (χ1n) is 10.0. The van der Waals surface area contributed by atoms with Gasteiger partial charge in [-0.2, -0.15) is 0 Å². The van der Waals surface area contributed by atoms with Crippen molar-refractivity contribution in [2.75, 3.05) is 0 Å². The van der Waals surface area contributed by atoms with Gasteiger partial charge in [-0.1, -0.05) is 54.6 Å². The fourth-order valence-electron chi connectivity index (χ4n) is 4.81. The van der Waals surface area contributed by atoms with Crippen LogP contribution in [0.2, 0.25) is 0 Å². The Balaban J connectivity index is 1.86. The van der Waals surface area contributed by atoms with Gasteiger partial charge in [-0.15, -0.1) is 0 Å². The molecule has 0 spiro atoms. The van der Waals surface area contributed by atoms with Gasteiger partial charge in [0.05, 0.1) is 16.6 Å². The molecular formula is C26H16N4. The predicted octanol–water partition coefficient (Wildman–Crippen LogP) is 6.13. The van der Waals surface area contributed by atoms with E-state index < -0.39 is 0 Å². The largest absolute Gasteiger partial charge is 0.307 e. The molecular weight excluding hydrogens is 368 g/mol. The zero-order valence-corrected chi connectivity index (χ0v) is 16.0. The third-order valence-corrected chi connectivity index (χ3v) is 6.02. The molecule has 0 unspecified atom stereocenters. The Bertz CT molecular complexity index is 1740. The SMILES string of the molecule is c1ccc(-n2c3ccccc3c3ccc4c5cccnc5c5nccn5c4c32)cc1. The summed E-state index contributed by atoms with van der Waals surface area (Å²) in [6.07, 6.45) is 5.73. The lowest BCUT2D eigenvalue weighted by Gasteiger charge is -2.12. The third-order valence-electron chi connectivity index (χ3n) is 6.02. The minimum absolute atomic E-state index is 0.885. The number of rotatable bonds is 1. The van der Waals surface area contributed by atoms with Crippen molar-refractivity contribution in [1.82, 2.24) is 18.9 Å². The Morgan fingerprint density at radius 1 is 0.567 bits per heavy atom. The second kappa shape index (κ2) is 5.67. The van der Waals surface area contributed by atoms with Gasteiger partial charge in [0.25, 0.3) is 0 Å². The number of nitrogens with zero attached hydrogens (tertiary/aromatic N) is 4. The van der Waals surface area contributed by atoms with Gasteiger partial charge in [0.2, 0.25) is 0 Å². The summed E-state index contributed by atoms with van der Waals surface area (Å²) in [6, 6.07) is 27.8. The molecule has 0 bridgehead atoms. The van der Waals surface area contributed by atoms with E-state index in [2.05, 4.69) is 91.7 Å². The molecule has 3 aromatic carbocycles. The summed E-state index contributed by atoms with van der Waals surface area (Å²) < 4.78 is 4.56. The first-order valence-corrected chi connectivity index (χ1v) is 10.0. The molecule has 0 aliphatic carbocycles. The maximum Gasteiger partial charge on any atom is 0.163 e. The molecule has 0 amide bonds. The molecule has 4 nitrogen and oxygen atoms in total. The van der Waals surface area contributed by atoms with Crippen LogP contribution in [0.4, 0.5) is 0 Å². The van der Waals surface area contributed by atoms with E-state index >= 15 is 0 Å². The van der Waals surface area contributed by atoms with E-state index in [0.29, 0.717) is 0 Å². The van der Waals surface area contributed by atoms with Crippen molar-refractivity contribution in [2.24, 2.45) is 0 Å². The molecule has 0 aliphatic heterocycles. The van der Waals surface area contributed by atoms with Crippen molar-refractivity contribution >= 4 is 49.3 Å². The highest BCUT2D eigenvalue weighted by Crippen LogP contribution is 2.39. The van der Waals surface area contributed by atoms with Crippen LogP contribution in [-0.4, -0.2) is 18.9 Å². The summed E-state index contributed by atoms with van der Waals surface area (Å²) in [5, 5.41) is 4.78. The maximum absolute atomic E-state index is 4.65. The number of hydrogen-bond donors (Lipinski definition) is 0. The van der Waals surface area contributed by atoms with Crippen molar-refractivity contribution in [3.63, 3.8) is 0 Å². The Labute approximate surface area is 171 Å². The highest BCUT2D eigenvalue weighted by Gasteiger charge is 2.19. The number of imidazole rings is 1. The monoisotopic (exact) mass is 384 g/mol. The fourth-order valence-corrected chi connectivity index (χ4v) is 4.81. The molecule has 140 valence electrons. The molecule has 0 radical (unpaired) electrons. The van der Waals surface area contributed by atoms with Crippen LogP contribution in [0, 0.1) is 0 Å². The number of hydrogen-bond acceptors (Lipinski definition) is 2. The molecule has 7 rings (SSSR count). The van der Waals surface area contributed by atoms with Gasteiger partial charge < -0.3 is 4.57 Å². The molecule has 4 aromatic heterocycles. The zero-order chi connectivity index (χ0) is 19.7. The van der Waals surface area contributed by atoms with E-state index in [1.54, 1.807) is 0 Å². The standard InChI is InChI=1S/C26H16N4/c1-2-7-17(8-3-1)30-22-11-5-4-9-18(22)20-12-13-21-19-10-6-14-27-23(19)26-28-15-16-29(26)24(21)25(20)30/h1-16H. The minimum atomic E-state index is 0.885. The normalized spacial score (nSPS) is 12.0. The van der Waals surface area contributed by atoms with Gasteiger partial charge in [0, 0.05) is 45.8 Å². The molecule has 0 aliphatic rings. The Hall–Kier alpha value is -4.18. The third kappa shape index (κ3) is 1.90. The quantitative estimate of drug-likeness (QED) is 0.319. The summed E-state index contributed by atoms with van der Waals surface area (Å²) in [4.78, 5) is 9.30. The van der Waals surface area contributed by atoms with Gasteiger partial charge in [0.1, 0.15) is 5.52 Å². The summed E-state index contributed by atoms with van der Waals surface area (Å²) in [6.45, 7) is 0. The van der Waals surface area contributed by atoms with Crippen molar-refractivity contribution in [2.45, 2.75) is 0 Å². The minimum Gasteiger partial charge on any atom is -0.307 e. The first-order chi connectivity index (χ1) is 14.9. The Kier molecular flexibility index (Phi) is 2.97. The van der Waals surface area contributed by atoms with Crippen LogP contribution in [0.25, 0.3) is 54.9 Å². The fraction of sp³-hybridized carbons (Fsp3) is 0. The summed E-state index contributed by atoms with van der Waals surface area (Å²) in [5.41, 5.74) is 6.50. The van der Waals surface area contributed by atoms with Gasteiger partial charge >= 0.3 is 0 Å². The Morgan fingerprint density at radius 3 is 2.23 bits per heavy atom. The zero-order valence-electron chi connectivity index (χ0n) is 16.0. The van der Waals surface area contributed by atoms with E-state index in [1.807, 2.05) is 24.7 Å². The molecule has 0 fully saturated rings. The van der Waals surface area contributed by atoms with E-state index in [0.717, 1.165) is 27.8 Å². The molecule has 0 N–H and O–H groups in total. The number of aromatic nitrogens is 4. The lowest BCUT2D eigenvalue weighted by atomic mass is 10.1. The number of fused-ring (bicyclic) bond motifs is 10.